The van der Waals surface area contributed by atoms with Gasteiger partial charge in [-0.05, 0) is 59.8 Å². The molecule has 0 fully saturated rings. The van der Waals surface area contributed by atoms with Crippen LogP contribution in [0, 0.1) is 10.5 Å². The number of halogens is 2. The zero-order valence-corrected chi connectivity index (χ0v) is 15.7. The van der Waals surface area contributed by atoms with Crippen LogP contribution in [0.4, 0.5) is 0 Å². The van der Waals surface area contributed by atoms with Crippen LogP contribution < -0.4 is 4.18 Å². The average Bonchev–Trinajstić information content (AvgIpc) is 2.52. The Labute approximate surface area is 152 Å². The summed E-state index contributed by atoms with van der Waals surface area (Å²) in [4.78, 5) is 4.31. The second-order valence-corrected chi connectivity index (χ2v) is 8.04. The molecule has 0 aliphatic carbocycles. The molecule has 0 bridgehead atoms. The van der Waals surface area contributed by atoms with Crippen LogP contribution in [-0.2, 0) is 10.1 Å². The van der Waals surface area contributed by atoms with Gasteiger partial charge in [0.1, 0.15) is 10.4 Å². The molecule has 0 saturated heterocycles. The summed E-state index contributed by atoms with van der Waals surface area (Å²) in [6.45, 7) is 1.89. The Hall–Kier alpha value is -1.38. The first-order valence-corrected chi connectivity index (χ1v) is 9.49. The molecule has 23 heavy (non-hydrogen) atoms. The molecule has 0 aliphatic heterocycles. The Kier molecular flexibility index (Phi) is 4.48. The number of benzene rings is 2. The predicted octanol–water partition coefficient (Wildman–Crippen LogP) is 4.57. The van der Waals surface area contributed by atoms with E-state index in [4.69, 9.17) is 15.8 Å². The highest BCUT2D eigenvalue weighted by Crippen LogP contribution is 2.36. The van der Waals surface area contributed by atoms with E-state index in [1.807, 2.05) is 29.5 Å². The number of aryl methyl sites for hydroxylation is 1. The third-order valence-electron chi connectivity index (χ3n) is 3.25. The van der Waals surface area contributed by atoms with Gasteiger partial charge in [0.2, 0.25) is 0 Å². The summed E-state index contributed by atoms with van der Waals surface area (Å²) < 4.78 is 31.0. The van der Waals surface area contributed by atoms with E-state index < -0.39 is 10.1 Å². The summed E-state index contributed by atoms with van der Waals surface area (Å²) in [6.07, 6.45) is 1.57. The zero-order chi connectivity index (χ0) is 16.6. The number of rotatable bonds is 3. The van der Waals surface area contributed by atoms with Crippen molar-refractivity contribution in [2.24, 2.45) is 0 Å². The highest BCUT2D eigenvalue weighted by atomic mass is 127. The molecule has 3 rings (SSSR count). The van der Waals surface area contributed by atoms with Crippen molar-refractivity contribution in [1.29, 1.82) is 0 Å². The Morgan fingerprint density at radius 1 is 1.17 bits per heavy atom. The van der Waals surface area contributed by atoms with E-state index in [-0.39, 0.29) is 10.6 Å². The molecule has 1 heterocycles. The molecule has 1 aromatic heterocycles. The van der Waals surface area contributed by atoms with Gasteiger partial charge in [-0.1, -0.05) is 29.3 Å². The van der Waals surface area contributed by atoms with Gasteiger partial charge in [0.15, 0.2) is 5.75 Å². The van der Waals surface area contributed by atoms with Crippen LogP contribution in [0.25, 0.3) is 10.9 Å². The van der Waals surface area contributed by atoms with Gasteiger partial charge in [-0.3, -0.25) is 4.98 Å². The van der Waals surface area contributed by atoms with E-state index in [0.717, 1.165) is 5.56 Å². The van der Waals surface area contributed by atoms with Crippen molar-refractivity contribution in [1.82, 2.24) is 4.98 Å². The SMILES string of the molecule is Cc1ccc(S(=O)(=O)Oc2c(I)cc(Cl)c3cccnc23)cc1. The van der Waals surface area contributed by atoms with Crippen molar-refractivity contribution < 1.29 is 12.6 Å². The van der Waals surface area contributed by atoms with Crippen molar-refractivity contribution in [3.63, 3.8) is 0 Å². The first kappa shape index (κ1) is 16.5. The Balaban J connectivity index is 2.13. The maximum atomic E-state index is 12.5. The fourth-order valence-electron chi connectivity index (χ4n) is 2.09. The molecule has 0 amide bonds. The number of hydrogen-bond donors (Lipinski definition) is 0. The quantitative estimate of drug-likeness (QED) is 0.425. The average molecular weight is 460 g/mol. The van der Waals surface area contributed by atoms with Crippen molar-refractivity contribution in [2.45, 2.75) is 11.8 Å². The first-order valence-electron chi connectivity index (χ1n) is 6.62. The maximum Gasteiger partial charge on any atom is 0.339 e. The lowest BCUT2D eigenvalue weighted by Gasteiger charge is -2.12. The summed E-state index contributed by atoms with van der Waals surface area (Å²) in [6, 6.07) is 11.6. The van der Waals surface area contributed by atoms with Crippen molar-refractivity contribution in [3.8, 4) is 5.75 Å². The molecule has 4 nitrogen and oxygen atoms in total. The number of nitrogens with zero attached hydrogens (tertiary/aromatic N) is 1. The van der Waals surface area contributed by atoms with Crippen molar-refractivity contribution >= 4 is 55.2 Å². The number of fused-ring (bicyclic) bond motifs is 1. The lowest BCUT2D eigenvalue weighted by Crippen LogP contribution is -2.11. The fraction of sp³-hybridized carbons (Fsp3) is 0.0625. The van der Waals surface area contributed by atoms with Gasteiger partial charge in [-0.2, -0.15) is 8.42 Å². The molecule has 7 heteroatoms. The third kappa shape index (κ3) is 3.29. The van der Waals surface area contributed by atoms with E-state index in [2.05, 4.69) is 4.98 Å². The summed E-state index contributed by atoms with van der Waals surface area (Å²) >= 11 is 8.18. The second-order valence-electron chi connectivity index (χ2n) is 4.92. The summed E-state index contributed by atoms with van der Waals surface area (Å²) in [7, 11) is -3.94. The van der Waals surface area contributed by atoms with Gasteiger partial charge < -0.3 is 4.18 Å². The summed E-state index contributed by atoms with van der Waals surface area (Å²) in [5.41, 5.74) is 1.39. The first-order chi connectivity index (χ1) is 10.9. The molecule has 0 saturated carbocycles. The third-order valence-corrected chi connectivity index (χ3v) is 5.60. The van der Waals surface area contributed by atoms with Crippen LogP contribution in [0.2, 0.25) is 5.02 Å². The monoisotopic (exact) mass is 459 g/mol. The molecule has 0 radical (unpaired) electrons. The van der Waals surface area contributed by atoms with Gasteiger partial charge in [0.05, 0.1) is 8.59 Å². The second kappa shape index (κ2) is 6.26. The molecule has 0 aliphatic rings. The highest BCUT2D eigenvalue weighted by Gasteiger charge is 2.21. The minimum atomic E-state index is -3.94. The van der Waals surface area contributed by atoms with Crippen molar-refractivity contribution in [2.75, 3.05) is 0 Å². The van der Waals surface area contributed by atoms with Crippen LogP contribution in [0.3, 0.4) is 0 Å². The smallest absolute Gasteiger partial charge is 0.339 e. The van der Waals surface area contributed by atoms with E-state index in [1.54, 1.807) is 36.5 Å². The van der Waals surface area contributed by atoms with Crippen LogP contribution in [0.5, 0.6) is 5.75 Å². The molecule has 118 valence electrons. The van der Waals surface area contributed by atoms with Crippen LogP contribution >= 0.6 is 34.2 Å². The predicted molar refractivity (Wildman–Crippen MR) is 98.5 cm³/mol. The zero-order valence-electron chi connectivity index (χ0n) is 12.0. The van der Waals surface area contributed by atoms with Gasteiger partial charge in [0, 0.05) is 11.6 Å². The van der Waals surface area contributed by atoms with E-state index >= 15 is 0 Å². The molecule has 0 spiro atoms. The van der Waals surface area contributed by atoms with Gasteiger partial charge >= 0.3 is 10.1 Å². The van der Waals surface area contributed by atoms with E-state index in [9.17, 15) is 8.42 Å². The molecule has 2 aromatic carbocycles. The van der Waals surface area contributed by atoms with E-state index in [0.29, 0.717) is 19.5 Å². The van der Waals surface area contributed by atoms with Gasteiger partial charge in [-0.15, -0.1) is 0 Å². The fourth-order valence-corrected chi connectivity index (χ4v) is 4.31. The van der Waals surface area contributed by atoms with Crippen LogP contribution in [-0.4, -0.2) is 13.4 Å². The Bertz CT molecular complexity index is 988. The number of pyridine rings is 1. The van der Waals surface area contributed by atoms with Crippen LogP contribution in [0.1, 0.15) is 5.56 Å². The lowest BCUT2D eigenvalue weighted by atomic mass is 10.2. The molecule has 3 aromatic rings. The normalized spacial score (nSPS) is 11.6. The van der Waals surface area contributed by atoms with Gasteiger partial charge in [0.25, 0.3) is 0 Å². The highest BCUT2D eigenvalue weighted by molar-refractivity contribution is 14.1. The van der Waals surface area contributed by atoms with Crippen molar-refractivity contribution in [3.05, 3.63) is 62.8 Å². The topological polar surface area (TPSA) is 56.3 Å². The lowest BCUT2D eigenvalue weighted by molar-refractivity contribution is 0.486. The van der Waals surface area contributed by atoms with E-state index in [1.165, 1.54) is 12.1 Å². The number of aromatic nitrogens is 1. The minimum Gasteiger partial charge on any atom is -0.375 e. The maximum absolute atomic E-state index is 12.5. The minimum absolute atomic E-state index is 0.0953. The largest absolute Gasteiger partial charge is 0.375 e. The standard InChI is InChI=1S/C16H11ClINO3S/c1-10-4-6-11(7-5-10)23(20,21)22-16-14(18)9-13(17)12-3-2-8-19-15(12)16/h2-9H,1H3. The van der Waals surface area contributed by atoms with Gasteiger partial charge in [-0.25, -0.2) is 0 Å². The molecular formula is C16H11ClINO3S. The molecule has 0 N–H and O–H groups in total. The number of hydrogen-bond acceptors (Lipinski definition) is 4. The summed E-state index contributed by atoms with van der Waals surface area (Å²) in [5.74, 6) is 0.186. The Morgan fingerprint density at radius 2 is 1.87 bits per heavy atom. The van der Waals surface area contributed by atoms with Crippen LogP contribution in [0.15, 0.2) is 53.6 Å². The molecular weight excluding hydrogens is 449 g/mol. The molecule has 0 atom stereocenters. The molecule has 0 unspecified atom stereocenters. The summed E-state index contributed by atoms with van der Waals surface area (Å²) in [5, 5.41) is 1.14. The Morgan fingerprint density at radius 3 is 2.57 bits per heavy atom.